The van der Waals surface area contributed by atoms with Gasteiger partial charge < -0.3 is 19.5 Å². The van der Waals surface area contributed by atoms with E-state index in [1.54, 1.807) is 18.2 Å². The van der Waals surface area contributed by atoms with E-state index in [0.29, 0.717) is 30.2 Å². The molecule has 0 heterocycles. The average Bonchev–Trinajstić information content (AvgIpc) is 2.65. The molecule has 6 nitrogen and oxygen atoms in total. The van der Waals surface area contributed by atoms with E-state index in [1.807, 2.05) is 32.0 Å². The summed E-state index contributed by atoms with van der Waals surface area (Å²) in [5, 5.41) is 2.75. The number of ether oxygens (including phenoxy) is 3. The van der Waals surface area contributed by atoms with E-state index in [4.69, 9.17) is 14.2 Å². The molecule has 0 spiro atoms. The van der Waals surface area contributed by atoms with E-state index < -0.39 is 0 Å². The first-order valence-corrected chi connectivity index (χ1v) is 8.70. The maximum atomic E-state index is 11.9. The zero-order valence-electron chi connectivity index (χ0n) is 16.1. The van der Waals surface area contributed by atoms with Gasteiger partial charge >= 0.3 is 0 Å². The van der Waals surface area contributed by atoms with Crippen LogP contribution in [0, 0.1) is 13.8 Å². The van der Waals surface area contributed by atoms with Crippen LogP contribution in [-0.4, -0.2) is 38.6 Å². The Bertz CT molecular complexity index is 796. The van der Waals surface area contributed by atoms with Crippen LogP contribution >= 0.6 is 0 Å². The van der Waals surface area contributed by atoms with Gasteiger partial charge in [0.15, 0.2) is 23.9 Å². The topological polar surface area (TPSA) is 73.9 Å². The van der Waals surface area contributed by atoms with Gasteiger partial charge in [0, 0.05) is 5.56 Å². The number of aryl methyl sites for hydroxylation is 2. The third-order valence-electron chi connectivity index (χ3n) is 4.01. The average molecular weight is 371 g/mol. The minimum Gasteiger partial charge on any atom is -0.493 e. The molecule has 0 aliphatic carbocycles. The number of carbonyl (C=O) groups is 2. The molecule has 1 amide bonds. The molecular formula is C21H25NO5. The van der Waals surface area contributed by atoms with Crippen molar-refractivity contribution >= 4 is 11.7 Å². The van der Waals surface area contributed by atoms with Crippen molar-refractivity contribution in [1.82, 2.24) is 5.32 Å². The zero-order valence-corrected chi connectivity index (χ0v) is 16.1. The normalized spacial score (nSPS) is 10.2. The summed E-state index contributed by atoms with van der Waals surface area (Å²) in [6, 6.07) is 10.8. The molecule has 2 aromatic rings. The number of nitrogens with one attached hydrogen (secondary N) is 1. The summed E-state index contributed by atoms with van der Waals surface area (Å²) >= 11 is 0. The molecule has 0 aliphatic rings. The van der Waals surface area contributed by atoms with Crippen molar-refractivity contribution in [3.8, 4) is 17.2 Å². The molecule has 1 N–H and O–H groups in total. The highest BCUT2D eigenvalue weighted by Crippen LogP contribution is 2.28. The van der Waals surface area contributed by atoms with Crippen molar-refractivity contribution in [2.45, 2.75) is 20.8 Å². The number of Topliss-reactive ketones (excluding diaryl/α,β-unsaturated/α-hetero) is 1. The first-order chi connectivity index (χ1) is 12.9. The number of ketones is 1. The van der Waals surface area contributed by atoms with E-state index in [-0.39, 0.29) is 18.3 Å². The summed E-state index contributed by atoms with van der Waals surface area (Å²) in [7, 11) is 1.48. The maximum absolute atomic E-state index is 11.9. The van der Waals surface area contributed by atoms with Crippen LogP contribution in [0.25, 0.3) is 0 Å². The van der Waals surface area contributed by atoms with Crippen molar-refractivity contribution in [3.63, 3.8) is 0 Å². The van der Waals surface area contributed by atoms with Gasteiger partial charge in [0.2, 0.25) is 0 Å². The van der Waals surface area contributed by atoms with Gasteiger partial charge in [-0.15, -0.1) is 0 Å². The highest BCUT2D eigenvalue weighted by Gasteiger charge is 2.10. The number of benzene rings is 2. The monoisotopic (exact) mass is 371 g/mol. The largest absolute Gasteiger partial charge is 0.493 e. The fourth-order valence-corrected chi connectivity index (χ4v) is 2.57. The maximum Gasteiger partial charge on any atom is 0.258 e. The molecular weight excluding hydrogens is 346 g/mol. The van der Waals surface area contributed by atoms with E-state index in [1.165, 1.54) is 14.0 Å². The Labute approximate surface area is 159 Å². The van der Waals surface area contributed by atoms with Gasteiger partial charge in [-0.25, -0.2) is 0 Å². The SMILES string of the molecule is COc1cc(C(C)=O)ccc1OCC(=O)NCCOc1c(C)cccc1C. The lowest BCUT2D eigenvalue weighted by molar-refractivity contribution is -0.123. The summed E-state index contributed by atoms with van der Waals surface area (Å²) in [5.74, 6) is 1.33. The van der Waals surface area contributed by atoms with Gasteiger partial charge in [-0.1, -0.05) is 18.2 Å². The van der Waals surface area contributed by atoms with E-state index in [2.05, 4.69) is 5.32 Å². The lowest BCUT2D eigenvalue weighted by atomic mass is 10.1. The minimum atomic E-state index is -0.266. The van der Waals surface area contributed by atoms with Crippen LogP contribution < -0.4 is 19.5 Å². The molecule has 0 saturated heterocycles. The van der Waals surface area contributed by atoms with E-state index in [9.17, 15) is 9.59 Å². The quantitative estimate of drug-likeness (QED) is 0.542. The Balaban J connectivity index is 1.79. The summed E-state index contributed by atoms with van der Waals surface area (Å²) < 4.78 is 16.4. The molecule has 6 heteroatoms. The first-order valence-electron chi connectivity index (χ1n) is 8.70. The molecule has 0 aliphatic heterocycles. The standard InChI is InChI=1S/C21H25NO5/c1-14-6-5-7-15(2)21(14)26-11-10-22-20(24)13-27-18-9-8-17(16(3)23)12-19(18)25-4/h5-9,12H,10-11,13H2,1-4H3,(H,22,24). The molecule has 0 unspecified atom stereocenters. The Hall–Kier alpha value is -3.02. The molecule has 2 aromatic carbocycles. The summed E-state index contributed by atoms with van der Waals surface area (Å²) in [6.45, 7) is 6.03. The predicted molar refractivity (Wildman–Crippen MR) is 103 cm³/mol. The van der Waals surface area contributed by atoms with E-state index in [0.717, 1.165) is 16.9 Å². The van der Waals surface area contributed by atoms with Crippen molar-refractivity contribution < 1.29 is 23.8 Å². The second kappa shape index (κ2) is 9.62. The predicted octanol–water partition coefficient (Wildman–Crippen LogP) is 3.09. The van der Waals surface area contributed by atoms with Gasteiger partial charge in [0.25, 0.3) is 5.91 Å². The molecule has 2 rings (SSSR count). The van der Waals surface area contributed by atoms with Crippen LogP contribution in [-0.2, 0) is 4.79 Å². The molecule has 0 aromatic heterocycles. The number of para-hydroxylation sites is 1. The lowest BCUT2D eigenvalue weighted by Crippen LogP contribution is -2.32. The Morgan fingerprint density at radius 1 is 1.00 bits per heavy atom. The highest BCUT2D eigenvalue weighted by atomic mass is 16.5. The van der Waals surface area contributed by atoms with Crippen molar-refractivity contribution in [1.29, 1.82) is 0 Å². The number of methoxy groups -OCH3 is 1. The van der Waals surface area contributed by atoms with Crippen LogP contribution in [0.5, 0.6) is 17.2 Å². The molecule has 27 heavy (non-hydrogen) atoms. The van der Waals surface area contributed by atoms with E-state index >= 15 is 0 Å². The fourth-order valence-electron chi connectivity index (χ4n) is 2.57. The second-order valence-electron chi connectivity index (χ2n) is 6.13. The zero-order chi connectivity index (χ0) is 19.8. The van der Waals surface area contributed by atoms with Crippen molar-refractivity contribution in [2.75, 3.05) is 26.9 Å². The molecule has 144 valence electrons. The smallest absolute Gasteiger partial charge is 0.258 e. The number of carbonyl (C=O) groups excluding carboxylic acids is 2. The first kappa shape index (κ1) is 20.3. The second-order valence-corrected chi connectivity index (χ2v) is 6.13. The number of hydrogen-bond acceptors (Lipinski definition) is 5. The van der Waals surface area contributed by atoms with Crippen LogP contribution in [0.4, 0.5) is 0 Å². The Morgan fingerprint density at radius 2 is 1.70 bits per heavy atom. The molecule has 0 radical (unpaired) electrons. The molecule has 0 fully saturated rings. The molecule has 0 saturated carbocycles. The van der Waals surface area contributed by atoms with Crippen LogP contribution in [0.1, 0.15) is 28.4 Å². The van der Waals surface area contributed by atoms with Gasteiger partial charge in [-0.2, -0.15) is 0 Å². The highest BCUT2D eigenvalue weighted by molar-refractivity contribution is 5.94. The third-order valence-corrected chi connectivity index (χ3v) is 4.01. The van der Waals surface area contributed by atoms with Crippen molar-refractivity contribution in [2.24, 2.45) is 0 Å². The van der Waals surface area contributed by atoms with Crippen LogP contribution in [0.2, 0.25) is 0 Å². The summed E-state index contributed by atoms with van der Waals surface area (Å²) in [4.78, 5) is 23.4. The summed E-state index contributed by atoms with van der Waals surface area (Å²) in [6.07, 6.45) is 0. The summed E-state index contributed by atoms with van der Waals surface area (Å²) in [5.41, 5.74) is 2.64. The van der Waals surface area contributed by atoms with Gasteiger partial charge in [0.1, 0.15) is 12.4 Å². The number of hydrogen-bond donors (Lipinski definition) is 1. The molecule has 0 bridgehead atoms. The van der Waals surface area contributed by atoms with Gasteiger partial charge in [-0.3, -0.25) is 9.59 Å². The lowest BCUT2D eigenvalue weighted by Gasteiger charge is -2.13. The Morgan fingerprint density at radius 3 is 2.33 bits per heavy atom. The number of rotatable bonds is 9. The van der Waals surface area contributed by atoms with Gasteiger partial charge in [-0.05, 0) is 50.1 Å². The van der Waals surface area contributed by atoms with Crippen LogP contribution in [0.15, 0.2) is 36.4 Å². The third kappa shape index (κ3) is 5.74. The minimum absolute atomic E-state index is 0.0681. The van der Waals surface area contributed by atoms with Crippen molar-refractivity contribution in [3.05, 3.63) is 53.1 Å². The number of amides is 1. The fraction of sp³-hybridized carbons (Fsp3) is 0.333. The Kier molecular flexibility index (Phi) is 7.23. The van der Waals surface area contributed by atoms with Gasteiger partial charge in [0.05, 0.1) is 13.7 Å². The van der Waals surface area contributed by atoms with Crippen LogP contribution in [0.3, 0.4) is 0 Å². The molecule has 0 atom stereocenters.